The van der Waals surface area contributed by atoms with Gasteiger partial charge < -0.3 is 20.6 Å². The molecule has 0 spiro atoms. The molecule has 4 rings (SSSR count). The van der Waals surface area contributed by atoms with Crippen molar-refractivity contribution in [2.45, 2.75) is 18.3 Å². The third-order valence-electron chi connectivity index (χ3n) is 5.56. The van der Waals surface area contributed by atoms with Gasteiger partial charge in [-0.3, -0.25) is 19.5 Å². The minimum absolute atomic E-state index is 0.0897. The highest BCUT2D eigenvalue weighted by atomic mass is 16.2. The van der Waals surface area contributed by atoms with Crippen LogP contribution in [0, 0.1) is 0 Å². The highest BCUT2D eigenvalue weighted by Gasteiger charge is 2.44. The Hall–Kier alpha value is -3.46. The van der Waals surface area contributed by atoms with Gasteiger partial charge in [0.15, 0.2) is 0 Å². The quantitative estimate of drug-likeness (QED) is 0.501. The second kappa shape index (κ2) is 8.11. The molecule has 1 aromatic carbocycles. The number of nitrogens with zero attached hydrogens (tertiary/aromatic N) is 2. The Morgan fingerprint density at radius 3 is 2.80 bits per heavy atom. The van der Waals surface area contributed by atoms with Crippen molar-refractivity contribution in [1.29, 1.82) is 0 Å². The number of hydrogen-bond donors (Lipinski definition) is 4. The standard InChI is InChI=1S/C21H24N6O3/c1-22-19(29)21(17-5-2-3-9-23-17)8-4-10-27(13-21)12-18(28)24-14-6-7-15-16(11-14)26-20(30)25-15/h2-3,5-7,9,11H,4,8,10,12-13H2,1H3,(H,22,29)(H,24,28)(H2,25,26,30)/t21-/m0/s1. The zero-order valence-electron chi connectivity index (χ0n) is 16.7. The van der Waals surface area contributed by atoms with Crippen LogP contribution < -0.4 is 16.3 Å². The molecule has 3 heterocycles. The summed E-state index contributed by atoms with van der Waals surface area (Å²) in [5.74, 6) is -0.269. The van der Waals surface area contributed by atoms with E-state index in [-0.39, 0.29) is 24.0 Å². The number of H-pyrrole nitrogens is 2. The van der Waals surface area contributed by atoms with E-state index in [4.69, 9.17) is 0 Å². The summed E-state index contributed by atoms with van der Waals surface area (Å²) in [4.78, 5) is 48.7. The average Bonchev–Trinajstić information content (AvgIpc) is 3.13. The molecule has 2 aromatic heterocycles. The Morgan fingerprint density at radius 2 is 2.03 bits per heavy atom. The average molecular weight is 408 g/mol. The van der Waals surface area contributed by atoms with Crippen molar-refractivity contribution in [3.63, 3.8) is 0 Å². The Morgan fingerprint density at radius 1 is 1.20 bits per heavy atom. The molecule has 1 fully saturated rings. The van der Waals surface area contributed by atoms with Gasteiger partial charge in [-0.1, -0.05) is 6.07 Å². The molecule has 3 aromatic rings. The van der Waals surface area contributed by atoms with Crippen LogP contribution in [0.5, 0.6) is 0 Å². The van der Waals surface area contributed by atoms with Crippen LogP contribution in [0.15, 0.2) is 47.4 Å². The fraction of sp³-hybridized carbons (Fsp3) is 0.333. The first-order valence-electron chi connectivity index (χ1n) is 9.88. The van der Waals surface area contributed by atoms with Gasteiger partial charge in [0.05, 0.1) is 23.3 Å². The Kier molecular flexibility index (Phi) is 5.37. The number of carbonyl (C=O) groups excluding carboxylic acids is 2. The number of carbonyl (C=O) groups is 2. The highest BCUT2D eigenvalue weighted by molar-refractivity contribution is 5.94. The minimum Gasteiger partial charge on any atom is -0.358 e. The maximum absolute atomic E-state index is 12.8. The molecule has 0 aliphatic carbocycles. The number of pyridine rings is 1. The molecule has 2 amide bonds. The molecule has 0 radical (unpaired) electrons. The van der Waals surface area contributed by atoms with Crippen LogP contribution in [-0.4, -0.2) is 58.3 Å². The fourth-order valence-electron chi connectivity index (χ4n) is 4.19. The lowest BCUT2D eigenvalue weighted by atomic mass is 9.75. The number of likely N-dealkylation sites (tertiary alicyclic amines) is 1. The molecule has 4 N–H and O–H groups in total. The van der Waals surface area contributed by atoms with Gasteiger partial charge in [-0.15, -0.1) is 0 Å². The number of aromatic nitrogens is 3. The molecular weight excluding hydrogens is 384 g/mol. The number of likely N-dealkylation sites (N-methyl/N-ethyl adjacent to an activating group) is 1. The molecule has 1 aliphatic rings. The zero-order chi connectivity index (χ0) is 21.1. The van der Waals surface area contributed by atoms with Crippen molar-refractivity contribution >= 4 is 28.5 Å². The van der Waals surface area contributed by atoms with Gasteiger partial charge in [0, 0.05) is 25.5 Å². The maximum Gasteiger partial charge on any atom is 0.323 e. The smallest absolute Gasteiger partial charge is 0.323 e. The van der Waals surface area contributed by atoms with Gasteiger partial charge in [-0.2, -0.15) is 0 Å². The van der Waals surface area contributed by atoms with Crippen LogP contribution >= 0.6 is 0 Å². The second-order valence-corrected chi connectivity index (χ2v) is 7.58. The summed E-state index contributed by atoms with van der Waals surface area (Å²) in [5, 5.41) is 5.64. The number of imidazole rings is 1. The van der Waals surface area contributed by atoms with E-state index in [1.54, 1.807) is 31.4 Å². The number of piperidine rings is 1. The number of aromatic amines is 2. The van der Waals surface area contributed by atoms with E-state index in [1.165, 1.54) is 0 Å². The number of hydrogen-bond acceptors (Lipinski definition) is 5. The van der Waals surface area contributed by atoms with Crippen molar-refractivity contribution in [1.82, 2.24) is 25.2 Å². The van der Waals surface area contributed by atoms with E-state index in [1.807, 2.05) is 23.1 Å². The normalized spacial score (nSPS) is 19.5. The zero-order valence-corrected chi connectivity index (χ0v) is 16.7. The van der Waals surface area contributed by atoms with Crippen molar-refractivity contribution in [3.05, 3.63) is 58.8 Å². The van der Waals surface area contributed by atoms with E-state index in [9.17, 15) is 14.4 Å². The summed E-state index contributed by atoms with van der Waals surface area (Å²) < 4.78 is 0. The predicted molar refractivity (Wildman–Crippen MR) is 113 cm³/mol. The molecule has 0 unspecified atom stereocenters. The number of amides is 2. The van der Waals surface area contributed by atoms with E-state index < -0.39 is 5.41 Å². The monoisotopic (exact) mass is 408 g/mol. The summed E-state index contributed by atoms with van der Waals surface area (Å²) >= 11 is 0. The topological polar surface area (TPSA) is 123 Å². The third-order valence-corrected chi connectivity index (χ3v) is 5.56. The van der Waals surface area contributed by atoms with Crippen LogP contribution in [0.4, 0.5) is 5.69 Å². The summed E-state index contributed by atoms with van der Waals surface area (Å²) in [6.45, 7) is 1.30. The molecule has 0 bridgehead atoms. The largest absolute Gasteiger partial charge is 0.358 e. The SMILES string of the molecule is CNC(=O)[C@@]1(c2ccccn2)CCCN(CC(=O)Nc2ccc3[nH]c(=O)[nH]c3c2)C1. The predicted octanol–water partition coefficient (Wildman–Crippen LogP) is 0.969. The molecule has 0 saturated carbocycles. The van der Waals surface area contributed by atoms with Crippen LogP contribution in [0.1, 0.15) is 18.5 Å². The van der Waals surface area contributed by atoms with Gasteiger partial charge in [-0.25, -0.2) is 4.79 Å². The number of fused-ring (bicyclic) bond motifs is 1. The molecular formula is C21H24N6O3. The Labute approximate surface area is 172 Å². The number of nitrogens with one attached hydrogen (secondary N) is 4. The van der Waals surface area contributed by atoms with Crippen LogP contribution in [0.25, 0.3) is 11.0 Å². The third kappa shape index (κ3) is 3.84. The Balaban J connectivity index is 1.48. The lowest BCUT2D eigenvalue weighted by molar-refractivity contribution is -0.130. The van der Waals surface area contributed by atoms with Crippen molar-refractivity contribution in [2.75, 3.05) is 32.0 Å². The Bertz CT molecular complexity index is 1120. The summed E-state index contributed by atoms with van der Waals surface area (Å²) in [7, 11) is 1.63. The van der Waals surface area contributed by atoms with Gasteiger partial charge in [-0.05, 0) is 49.7 Å². The van der Waals surface area contributed by atoms with E-state index in [0.29, 0.717) is 29.7 Å². The molecule has 9 nitrogen and oxygen atoms in total. The molecule has 1 aliphatic heterocycles. The first-order valence-corrected chi connectivity index (χ1v) is 9.88. The minimum atomic E-state index is -0.780. The maximum atomic E-state index is 12.8. The molecule has 30 heavy (non-hydrogen) atoms. The molecule has 9 heteroatoms. The summed E-state index contributed by atoms with van der Waals surface area (Å²) in [6.07, 6.45) is 3.15. The van der Waals surface area contributed by atoms with E-state index in [0.717, 1.165) is 18.7 Å². The van der Waals surface area contributed by atoms with Gasteiger partial charge >= 0.3 is 5.69 Å². The lowest BCUT2D eigenvalue weighted by Crippen LogP contribution is -2.55. The van der Waals surface area contributed by atoms with Crippen molar-refractivity contribution < 1.29 is 9.59 Å². The highest BCUT2D eigenvalue weighted by Crippen LogP contribution is 2.33. The lowest BCUT2D eigenvalue weighted by Gasteiger charge is -2.40. The van der Waals surface area contributed by atoms with Crippen LogP contribution in [0.3, 0.4) is 0 Å². The molecule has 1 saturated heterocycles. The summed E-state index contributed by atoms with van der Waals surface area (Å²) in [5.41, 5.74) is 1.56. The summed E-state index contributed by atoms with van der Waals surface area (Å²) in [6, 6.07) is 10.8. The molecule has 1 atom stereocenters. The first-order chi connectivity index (χ1) is 14.5. The van der Waals surface area contributed by atoms with Gasteiger partial charge in [0.25, 0.3) is 0 Å². The number of anilines is 1. The van der Waals surface area contributed by atoms with Crippen molar-refractivity contribution in [3.8, 4) is 0 Å². The second-order valence-electron chi connectivity index (χ2n) is 7.58. The van der Waals surface area contributed by atoms with Gasteiger partial charge in [0.2, 0.25) is 11.8 Å². The molecule has 156 valence electrons. The van der Waals surface area contributed by atoms with E-state index in [2.05, 4.69) is 25.6 Å². The van der Waals surface area contributed by atoms with Crippen LogP contribution in [-0.2, 0) is 15.0 Å². The number of rotatable bonds is 5. The first kappa shape index (κ1) is 19.8. The van der Waals surface area contributed by atoms with E-state index >= 15 is 0 Å². The van der Waals surface area contributed by atoms with Crippen LogP contribution in [0.2, 0.25) is 0 Å². The fourth-order valence-corrected chi connectivity index (χ4v) is 4.19. The number of benzene rings is 1. The van der Waals surface area contributed by atoms with Gasteiger partial charge in [0.1, 0.15) is 5.41 Å². The van der Waals surface area contributed by atoms with Crippen molar-refractivity contribution in [2.24, 2.45) is 0 Å².